The van der Waals surface area contributed by atoms with E-state index >= 15 is 0 Å². The molecule has 1 amide bonds. The third kappa shape index (κ3) is 2.70. The van der Waals surface area contributed by atoms with Crippen molar-refractivity contribution >= 4 is 28.8 Å². The van der Waals surface area contributed by atoms with Gasteiger partial charge in [-0.2, -0.15) is 4.68 Å². The molecule has 0 saturated heterocycles. The number of nitrogens with zero attached hydrogens (tertiary/aromatic N) is 5. The van der Waals surface area contributed by atoms with Crippen LogP contribution in [0.15, 0.2) is 35.6 Å². The smallest absolute Gasteiger partial charge is 0.227 e. The van der Waals surface area contributed by atoms with Gasteiger partial charge in [0.1, 0.15) is 17.1 Å². The van der Waals surface area contributed by atoms with E-state index in [2.05, 4.69) is 20.3 Å². The normalized spacial score (nSPS) is 10.8. The second kappa shape index (κ2) is 5.98. The molecule has 112 valence electrons. The van der Waals surface area contributed by atoms with Crippen molar-refractivity contribution in [2.24, 2.45) is 5.73 Å². The zero-order chi connectivity index (χ0) is 15.5. The van der Waals surface area contributed by atoms with Crippen molar-refractivity contribution in [1.82, 2.24) is 25.0 Å². The van der Waals surface area contributed by atoms with Gasteiger partial charge in [-0.25, -0.2) is 9.97 Å². The van der Waals surface area contributed by atoms with E-state index in [0.29, 0.717) is 16.2 Å². The number of ether oxygens (including phenoxy) is 1. The van der Waals surface area contributed by atoms with Crippen LogP contribution in [0.25, 0.3) is 16.9 Å². The molecule has 2 N–H and O–H groups in total. The maximum atomic E-state index is 10.9. The zero-order valence-electron chi connectivity index (χ0n) is 11.6. The van der Waals surface area contributed by atoms with Gasteiger partial charge in [-0.15, -0.1) is 5.10 Å². The second-order valence-electron chi connectivity index (χ2n) is 4.31. The molecule has 9 heteroatoms. The maximum absolute atomic E-state index is 10.9. The molecule has 0 aliphatic rings. The van der Waals surface area contributed by atoms with E-state index in [4.69, 9.17) is 10.5 Å². The van der Waals surface area contributed by atoms with Crippen molar-refractivity contribution in [3.63, 3.8) is 0 Å². The van der Waals surface area contributed by atoms with Gasteiger partial charge in [-0.05, 0) is 24.3 Å². The van der Waals surface area contributed by atoms with Crippen LogP contribution < -0.4 is 10.5 Å². The number of hydrogen-bond acceptors (Lipinski definition) is 7. The SMILES string of the molecule is COc1ccc(-n2nnc3c(SCC(N)=O)ncnc32)cc1. The molecule has 0 spiro atoms. The Labute approximate surface area is 129 Å². The molecule has 3 rings (SSSR count). The van der Waals surface area contributed by atoms with Gasteiger partial charge in [0.2, 0.25) is 5.91 Å². The molecule has 0 atom stereocenters. The van der Waals surface area contributed by atoms with Crippen LogP contribution in [-0.4, -0.2) is 43.7 Å². The quantitative estimate of drug-likeness (QED) is 0.547. The van der Waals surface area contributed by atoms with E-state index < -0.39 is 5.91 Å². The molecule has 1 aromatic carbocycles. The van der Waals surface area contributed by atoms with E-state index in [-0.39, 0.29) is 5.75 Å². The lowest BCUT2D eigenvalue weighted by Gasteiger charge is -2.03. The number of benzene rings is 1. The van der Waals surface area contributed by atoms with Crippen molar-refractivity contribution < 1.29 is 9.53 Å². The average Bonchev–Trinajstić information content (AvgIpc) is 2.97. The Morgan fingerprint density at radius 1 is 1.32 bits per heavy atom. The fourth-order valence-electron chi connectivity index (χ4n) is 1.87. The van der Waals surface area contributed by atoms with Crippen LogP contribution in [0.5, 0.6) is 5.75 Å². The minimum atomic E-state index is -0.417. The Morgan fingerprint density at radius 2 is 2.09 bits per heavy atom. The summed E-state index contributed by atoms with van der Waals surface area (Å²) in [7, 11) is 1.61. The van der Waals surface area contributed by atoms with Crippen LogP contribution in [0.3, 0.4) is 0 Å². The minimum Gasteiger partial charge on any atom is -0.497 e. The molecule has 0 aliphatic heterocycles. The number of nitrogens with two attached hydrogens (primary N) is 1. The first kappa shape index (κ1) is 14.3. The number of fused-ring (bicyclic) bond motifs is 1. The van der Waals surface area contributed by atoms with Crippen LogP contribution in [-0.2, 0) is 4.79 Å². The van der Waals surface area contributed by atoms with Gasteiger partial charge in [-0.3, -0.25) is 4.79 Å². The van der Waals surface area contributed by atoms with E-state index in [1.807, 2.05) is 24.3 Å². The van der Waals surface area contributed by atoms with E-state index in [9.17, 15) is 4.79 Å². The number of thioether (sulfide) groups is 1. The molecule has 0 radical (unpaired) electrons. The van der Waals surface area contributed by atoms with Crippen molar-refractivity contribution in [3.8, 4) is 11.4 Å². The first-order valence-corrected chi connectivity index (χ1v) is 7.29. The average molecular weight is 316 g/mol. The Kier molecular flexibility index (Phi) is 3.88. The summed E-state index contributed by atoms with van der Waals surface area (Å²) < 4.78 is 6.73. The molecule has 8 nitrogen and oxygen atoms in total. The second-order valence-corrected chi connectivity index (χ2v) is 5.27. The van der Waals surface area contributed by atoms with Crippen molar-refractivity contribution in [2.45, 2.75) is 5.03 Å². The molecule has 2 aromatic heterocycles. The van der Waals surface area contributed by atoms with Crippen LogP contribution in [0.4, 0.5) is 0 Å². The predicted octanol–water partition coefficient (Wildman–Crippen LogP) is 0.796. The lowest BCUT2D eigenvalue weighted by atomic mass is 10.3. The Balaban J connectivity index is 2.00. The molecule has 3 aromatic rings. The van der Waals surface area contributed by atoms with Gasteiger partial charge in [0, 0.05) is 0 Å². The topological polar surface area (TPSA) is 109 Å². The summed E-state index contributed by atoms with van der Waals surface area (Å²) in [5.41, 5.74) is 7.04. The summed E-state index contributed by atoms with van der Waals surface area (Å²) in [6.07, 6.45) is 1.41. The third-order valence-electron chi connectivity index (χ3n) is 2.87. The van der Waals surface area contributed by atoms with E-state index in [0.717, 1.165) is 11.4 Å². The van der Waals surface area contributed by atoms with Crippen molar-refractivity contribution in [1.29, 1.82) is 0 Å². The van der Waals surface area contributed by atoms with Crippen LogP contribution in [0, 0.1) is 0 Å². The summed E-state index contributed by atoms with van der Waals surface area (Å²) in [4.78, 5) is 19.2. The number of hydrogen-bond donors (Lipinski definition) is 1. The summed E-state index contributed by atoms with van der Waals surface area (Å²) in [5, 5.41) is 8.77. The molecular weight excluding hydrogens is 304 g/mol. The van der Waals surface area contributed by atoms with Gasteiger partial charge in [0.25, 0.3) is 0 Å². The van der Waals surface area contributed by atoms with E-state index in [1.54, 1.807) is 11.8 Å². The number of aromatic nitrogens is 5. The van der Waals surface area contributed by atoms with Gasteiger partial charge in [0.05, 0.1) is 18.6 Å². The van der Waals surface area contributed by atoms with Crippen LogP contribution >= 0.6 is 11.8 Å². The van der Waals surface area contributed by atoms with Crippen LogP contribution in [0.1, 0.15) is 0 Å². The number of primary amides is 1. The number of carbonyl (C=O) groups is 1. The first-order chi connectivity index (χ1) is 10.7. The fourth-order valence-corrected chi connectivity index (χ4v) is 2.54. The molecule has 0 fully saturated rings. The zero-order valence-corrected chi connectivity index (χ0v) is 12.4. The highest BCUT2D eigenvalue weighted by atomic mass is 32.2. The number of amides is 1. The summed E-state index contributed by atoms with van der Waals surface area (Å²) in [6.45, 7) is 0. The molecule has 2 heterocycles. The first-order valence-electron chi connectivity index (χ1n) is 6.31. The third-order valence-corrected chi connectivity index (χ3v) is 3.87. The number of carbonyl (C=O) groups excluding carboxylic acids is 1. The Morgan fingerprint density at radius 3 is 2.77 bits per heavy atom. The Bertz CT molecular complexity index is 817. The van der Waals surface area contributed by atoms with Gasteiger partial charge in [0.15, 0.2) is 11.2 Å². The molecule has 0 aliphatic carbocycles. The van der Waals surface area contributed by atoms with Gasteiger partial charge in [-0.1, -0.05) is 17.0 Å². The molecule has 0 bridgehead atoms. The largest absolute Gasteiger partial charge is 0.497 e. The summed E-state index contributed by atoms with van der Waals surface area (Å²) in [5.74, 6) is 0.460. The van der Waals surface area contributed by atoms with Crippen molar-refractivity contribution in [3.05, 3.63) is 30.6 Å². The molecule has 0 unspecified atom stereocenters. The highest BCUT2D eigenvalue weighted by Gasteiger charge is 2.14. The standard InChI is InChI=1S/C13H12N6O2S/c1-21-9-4-2-8(3-5-9)19-12-11(17-18-19)13(16-7-15-12)22-6-10(14)20/h2-5,7H,6H2,1H3,(H2,14,20). The Hall–Kier alpha value is -2.68. The summed E-state index contributed by atoms with van der Waals surface area (Å²) >= 11 is 1.21. The molecular formula is C13H12N6O2S. The molecule has 0 saturated carbocycles. The minimum absolute atomic E-state index is 0.126. The number of methoxy groups -OCH3 is 1. The number of rotatable bonds is 5. The van der Waals surface area contributed by atoms with Gasteiger partial charge < -0.3 is 10.5 Å². The van der Waals surface area contributed by atoms with Crippen LogP contribution in [0.2, 0.25) is 0 Å². The predicted molar refractivity (Wildman–Crippen MR) is 80.9 cm³/mol. The lowest BCUT2D eigenvalue weighted by molar-refractivity contribution is -0.115. The van der Waals surface area contributed by atoms with E-state index in [1.165, 1.54) is 18.1 Å². The monoisotopic (exact) mass is 316 g/mol. The maximum Gasteiger partial charge on any atom is 0.227 e. The highest BCUT2D eigenvalue weighted by Crippen LogP contribution is 2.24. The molecule has 22 heavy (non-hydrogen) atoms. The summed E-state index contributed by atoms with van der Waals surface area (Å²) in [6, 6.07) is 7.36. The highest BCUT2D eigenvalue weighted by molar-refractivity contribution is 8.00. The van der Waals surface area contributed by atoms with Gasteiger partial charge >= 0.3 is 0 Å². The van der Waals surface area contributed by atoms with Crippen molar-refractivity contribution in [2.75, 3.05) is 12.9 Å². The fraction of sp³-hybridized carbons (Fsp3) is 0.154. The lowest BCUT2D eigenvalue weighted by Crippen LogP contribution is -2.13.